The molecular weight excluding hydrogens is 192 g/mol. The molecule has 1 aromatic rings. The first-order chi connectivity index (χ1) is 12.2. The Labute approximate surface area is 108 Å². The zero-order valence-electron chi connectivity index (χ0n) is 20.4. The topological polar surface area (TPSA) is 44.1 Å². The molecule has 82 valence electrons. The lowest BCUT2D eigenvalue weighted by molar-refractivity contribution is -0.141. The summed E-state index contributed by atoms with van der Waals surface area (Å²) in [5.41, 5.74) is -0.794. The molecule has 0 bridgehead atoms. The van der Waals surface area contributed by atoms with Gasteiger partial charge in [0.2, 0.25) is 0 Å². The lowest BCUT2D eigenvalue weighted by Crippen LogP contribution is -2.18. The summed E-state index contributed by atoms with van der Waals surface area (Å²) in [4.78, 5) is 15.8. The molecule has 1 aromatic heterocycles. The van der Waals surface area contributed by atoms with Gasteiger partial charge in [0.1, 0.15) is 0 Å². The van der Waals surface area contributed by atoms with Crippen molar-refractivity contribution in [1.29, 1.82) is 0 Å². The third-order valence-electron chi connectivity index (χ3n) is 1.84. The second-order valence-electron chi connectivity index (χ2n) is 2.77. The van der Waals surface area contributed by atoms with Crippen LogP contribution in [0.3, 0.4) is 0 Å². The third kappa shape index (κ3) is 1.89. The predicted molar refractivity (Wildman–Crippen MR) is 55.1 cm³/mol. The number of nitrogens with zero attached hydrogens (tertiary/aromatic N) is 2. The quantitative estimate of drug-likeness (QED) is 0.719. The maximum Gasteiger partial charge on any atom is 0.309 e. The lowest BCUT2D eigenvalue weighted by Gasteiger charge is -2.12. The summed E-state index contributed by atoms with van der Waals surface area (Å²) in [5, 5.41) is 0. The Hall–Kier alpha value is -1.32. The highest BCUT2D eigenvalue weighted by molar-refractivity contribution is 5.74. The van der Waals surface area contributed by atoms with Gasteiger partial charge in [0.15, 0.2) is 0 Å². The summed E-state index contributed by atoms with van der Waals surface area (Å²) in [5.74, 6) is -8.14. The summed E-state index contributed by atoms with van der Waals surface area (Å²) in [6.45, 7) is -9.90. The lowest BCUT2D eigenvalue weighted by atomic mass is 9.89. The minimum absolute atomic E-state index is 0.358. The molecule has 0 unspecified atom stereocenters. The van der Waals surface area contributed by atoms with Gasteiger partial charge < -0.3 is 9.30 Å². The van der Waals surface area contributed by atoms with E-state index in [-0.39, 0.29) is 0 Å². The smallest absolute Gasteiger partial charge is 0.309 e. The van der Waals surface area contributed by atoms with Gasteiger partial charge in [-0.15, -0.1) is 0 Å². The molecule has 15 heavy (non-hydrogen) atoms. The second-order valence-corrected chi connectivity index (χ2v) is 2.77. The Morgan fingerprint density at radius 1 is 2.00 bits per heavy atom. The van der Waals surface area contributed by atoms with Crippen LogP contribution in [-0.4, -0.2) is 22.1 Å². The van der Waals surface area contributed by atoms with Crippen LogP contribution < -0.4 is 0 Å². The summed E-state index contributed by atoms with van der Waals surface area (Å²) < 4.78 is 105. The minimum atomic E-state index is -3.73. The van der Waals surface area contributed by atoms with Gasteiger partial charge in [-0.25, -0.2) is 4.98 Å². The second kappa shape index (κ2) is 4.04. The molecule has 4 nitrogen and oxygen atoms in total. The molecule has 0 aliphatic carbocycles. The van der Waals surface area contributed by atoms with Crippen molar-refractivity contribution in [2.75, 3.05) is 6.56 Å². The fraction of sp³-hybridized carbons (Fsp3) is 0.636. The molecular formula is C11H16N2O2. The third-order valence-corrected chi connectivity index (χ3v) is 1.84. The molecule has 2 atom stereocenters. The van der Waals surface area contributed by atoms with Gasteiger partial charge in [-0.05, 0) is 12.7 Å². The SMILES string of the molecule is [2H]C1([2H])OC(=O)[C@@]([2H])(C([2H])([2H])C([2H])([2H])[2H])[C@H]1C([2H])([2H])c1cncn1C([2H])([2H])[2H]. The number of aromatic nitrogens is 2. The van der Waals surface area contributed by atoms with Crippen LogP contribution in [0.1, 0.15) is 36.7 Å². The molecule has 0 aromatic carbocycles. The summed E-state index contributed by atoms with van der Waals surface area (Å²) >= 11 is 0. The maximum atomic E-state index is 12.3. The maximum absolute atomic E-state index is 12.3. The van der Waals surface area contributed by atoms with Gasteiger partial charge >= 0.3 is 5.97 Å². The predicted octanol–water partition coefficient (Wildman–Crippen LogP) is 1.16. The normalized spacial score (nSPS) is 50.3. The van der Waals surface area contributed by atoms with Gasteiger partial charge in [0, 0.05) is 39.9 Å². The number of ether oxygens (including phenoxy) is 1. The van der Waals surface area contributed by atoms with Crippen molar-refractivity contribution in [2.45, 2.75) is 19.6 Å². The van der Waals surface area contributed by atoms with Crippen LogP contribution in [0.4, 0.5) is 0 Å². The highest BCUT2D eigenvalue weighted by atomic mass is 16.5. The van der Waals surface area contributed by atoms with Crippen LogP contribution in [0.25, 0.3) is 0 Å². The van der Waals surface area contributed by atoms with Gasteiger partial charge in [0.05, 0.1) is 21.5 Å². The number of hydrogen-bond acceptors (Lipinski definition) is 3. The van der Waals surface area contributed by atoms with E-state index in [9.17, 15) is 4.79 Å². The van der Waals surface area contributed by atoms with Crippen molar-refractivity contribution in [2.24, 2.45) is 18.8 Å². The van der Waals surface area contributed by atoms with Gasteiger partial charge in [-0.1, -0.05) is 6.85 Å². The average Bonchev–Trinajstić information content (AvgIpc) is 3.00. The van der Waals surface area contributed by atoms with Crippen LogP contribution in [0.2, 0.25) is 0 Å². The van der Waals surface area contributed by atoms with E-state index >= 15 is 0 Å². The Balaban J connectivity index is 2.79. The Bertz CT molecular complexity index is 780. The molecule has 0 amide bonds. The fourth-order valence-electron chi connectivity index (χ4n) is 1.12. The van der Waals surface area contributed by atoms with Crippen molar-refractivity contribution in [3.8, 4) is 0 Å². The molecule has 1 saturated heterocycles. The van der Waals surface area contributed by atoms with E-state index in [2.05, 4.69) is 9.72 Å². The zero-order chi connectivity index (χ0) is 22.1. The largest absolute Gasteiger partial charge is 0.465 e. The van der Waals surface area contributed by atoms with E-state index < -0.39 is 56.6 Å². The number of carbonyl (C=O) groups is 1. The molecule has 0 N–H and O–H groups in total. The Kier molecular flexibility index (Phi) is 0.774. The van der Waals surface area contributed by atoms with Crippen LogP contribution in [-0.2, 0) is 22.9 Å². The van der Waals surface area contributed by atoms with Gasteiger partial charge in [-0.2, -0.15) is 0 Å². The molecule has 2 heterocycles. The molecule has 0 radical (unpaired) electrons. The number of carbonyl (C=O) groups excluding carboxylic acids is 1. The monoisotopic (exact) mass is 221 g/mol. The highest BCUT2D eigenvalue weighted by Crippen LogP contribution is 2.27. The van der Waals surface area contributed by atoms with Crippen molar-refractivity contribution in [1.82, 2.24) is 9.55 Å². The molecule has 1 aliphatic rings. The van der Waals surface area contributed by atoms with E-state index in [1.54, 1.807) is 0 Å². The number of cyclic esters (lactones) is 1. The van der Waals surface area contributed by atoms with Gasteiger partial charge in [-0.3, -0.25) is 4.79 Å². The van der Waals surface area contributed by atoms with E-state index in [4.69, 9.17) is 17.8 Å². The van der Waals surface area contributed by atoms with Crippen molar-refractivity contribution < 1.29 is 27.4 Å². The Morgan fingerprint density at radius 2 is 2.93 bits per heavy atom. The molecule has 2 rings (SSSR count). The van der Waals surface area contributed by atoms with Crippen LogP contribution in [0.15, 0.2) is 12.5 Å². The van der Waals surface area contributed by atoms with Crippen molar-refractivity contribution >= 4 is 5.97 Å². The number of aryl methyl sites for hydroxylation is 1. The molecule has 4 heteroatoms. The molecule has 0 spiro atoms. The summed E-state index contributed by atoms with van der Waals surface area (Å²) in [6.07, 6.45) is -5.53. The van der Waals surface area contributed by atoms with E-state index in [1.807, 2.05) is 0 Å². The minimum Gasteiger partial charge on any atom is -0.465 e. The van der Waals surface area contributed by atoms with E-state index in [0.717, 1.165) is 12.5 Å². The molecule has 1 fully saturated rings. The average molecular weight is 221 g/mol. The standard InChI is InChI=1S/C11H16N2O2/c1-3-10-8(6-15-11(10)14)4-9-5-12-7-13(9)2/h5,7-8,10H,3-4,6H2,1-2H3/t8-,10-/m0/s1/i1D3,2D3,3D2,4D2,6D2,10D. The molecule has 1 aliphatic heterocycles. The first kappa shape index (κ1) is 2.87. The van der Waals surface area contributed by atoms with Crippen molar-refractivity contribution in [3.05, 3.63) is 18.2 Å². The molecule has 0 saturated carbocycles. The van der Waals surface area contributed by atoms with Crippen LogP contribution >= 0.6 is 0 Å². The fourth-order valence-corrected chi connectivity index (χ4v) is 1.12. The van der Waals surface area contributed by atoms with E-state index in [0.29, 0.717) is 4.57 Å². The number of hydrogen-bond donors (Lipinski definition) is 0. The van der Waals surface area contributed by atoms with Crippen molar-refractivity contribution in [3.63, 3.8) is 0 Å². The number of imidazole rings is 1. The van der Waals surface area contributed by atoms with Crippen LogP contribution in [0, 0.1) is 11.8 Å². The summed E-state index contributed by atoms with van der Waals surface area (Å²) in [7, 11) is 0. The number of esters is 1. The zero-order valence-corrected chi connectivity index (χ0v) is 7.44. The Morgan fingerprint density at radius 3 is 3.73 bits per heavy atom. The van der Waals surface area contributed by atoms with Gasteiger partial charge in [0.25, 0.3) is 0 Å². The first-order valence-corrected chi connectivity index (χ1v) is 3.99. The first-order valence-electron chi connectivity index (χ1n) is 10.5. The summed E-state index contributed by atoms with van der Waals surface area (Å²) in [6, 6.07) is 0. The van der Waals surface area contributed by atoms with Crippen LogP contribution in [0.5, 0.6) is 0 Å². The number of rotatable bonds is 3. The van der Waals surface area contributed by atoms with E-state index in [1.165, 1.54) is 0 Å². The highest BCUT2D eigenvalue weighted by Gasteiger charge is 2.35.